The van der Waals surface area contributed by atoms with Gasteiger partial charge >= 0.3 is 10.2 Å². The van der Waals surface area contributed by atoms with Crippen LogP contribution in [0.4, 0.5) is 0 Å². The summed E-state index contributed by atoms with van der Waals surface area (Å²) < 4.78 is 27.9. The smallest absolute Gasteiger partial charge is 0.273 e. The first-order valence-corrected chi connectivity index (χ1v) is 8.20. The zero-order valence-electron chi connectivity index (χ0n) is 10.9. The van der Waals surface area contributed by atoms with Gasteiger partial charge in [-0.3, -0.25) is 4.79 Å². The highest BCUT2D eigenvalue weighted by Crippen LogP contribution is 2.45. The van der Waals surface area contributed by atoms with Gasteiger partial charge in [-0.15, -0.1) is 0 Å². The van der Waals surface area contributed by atoms with Crippen LogP contribution in [0.15, 0.2) is 0 Å². The maximum Gasteiger partial charge on any atom is 0.303 e. The van der Waals surface area contributed by atoms with Crippen molar-refractivity contribution in [3.63, 3.8) is 0 Å². The van der Waals surface area contributed by atoms with Crippen LogP contribution >= 0.6 is 0 Å². The second-order valence-electron chi connectivity index (χ2n) is 5.66. The van der Waals surface area contributed by atoms with Crippen molar-refractivity contribution in [3.8, 4) is 0 Å². The Morgan fingerprint density at radius 2 is 1.56 bits per heavy atom. The van der Waals surface area contributed by atoms with Crippen LogP contribution in [0.5, 0.6) is 0 Å². The van der Waals surface area contributed by atoms with Gasteiger partial charge in [-0.25, -0.2) is 4.72 Å². The van der Waals surface area contributed by atoms with E-state index in [2.05, 4.69) is 4.72 Å². The lowest BCUT2D eigenvalue weighted by Crippen LogP contribution is -2.46. The molecule has 18 heavy (non-hydrogen) atoms. The molecule has 6 heteroatoms. The molecule has 2 rings (SSSR count). The van der Waals surface area contributed by atoms with E-state index in [1.165, 1.54) is 10.7 Å². The predicted octanol–water partition coefficient (Wildman–Crippen LogP) is 1.41. The lowest BCUT2D eigenvalue weighted by Gasteiger charge is -2.24. The largest absolute Gasteiger partial charge is 0.303 e. The number of hydrogen-bond acceptors (Lipinski definition) is 3. The molecule has 1 aliphatic carbocycles. The number of nitrogens with one attached hydrogen (secondary N) is 1. The molecule has 0 atom stereocenters. The molecule has 5 nitrogen and oxygen atoms in total. The van der Waals surface area contributed by atoms with Gasteiger partial charge in [-0.2, -0.15) is 12.7 Å². The van der Waals surface area contributed by atoms with Gasteiger partial charge in [0.05, 0.1) is 0 Å². The zero-order chi connectivity index (χ0) is 13.2. The van der Waals surface area contributed by atoms with Crippen molar-refractivity contribution in [3.05, 3.63) is 0 Å². The summed E-state index contributed by atoms with van der Waals surface area (Å²) in [5, 5.41) is 0. The molecule has 1 saturated heterocycles. The van der Waals surface area contributed by atoms with Gasteiger partial charge in [0.15, 0.2) is 0 Å². The lowest BCUT2D eigenvalue weighted by atomic mass is 10.1. The van der Waals surface area contributed by atoms with E-state index < -0.39 is 15.6 Å². The molecule has 2 aliphatic rings. The fourth-order valence-corrected chi connectivity index (χ4v) is 3.53. The van der Waals surface area contributed by atoms with Crippen LogP contribution in [-0.4, -0.2) is 31.7 Å². The molecular formula is C12H22N2O3S. The second-order valence-corrected chi connectivity index (χ2v) is 7.33. The molecule has 1 saturated carbocycles. The van der Waals surface area contributed by atoms with Gasteiger partial charge in [-0.05, 0) is 25.7 Å². The number of nitrogens with zero attached hydrogens (tertiary/aromatic N) is 1. The highest BCUT2D eigenvalue weighted by Gasteiger charge is 2.46. The molecule has 1 N–H and O–H groups in total. The molecule has 104 valence electrons. The minimum Gasteiger partial charge on any atom is -0.273 e. The number of carbonyl (C=O) groups excluding carboxylic acids is 1. The highest BCUT2D eigenvalue weighted by molar-refractivity contribution is 7.87. The fraction of sp³-hybridized carbons (Fsp3) is 0.917. The van der Waals surface area contributed by atoms with Gasteiger partial charge in [0.1, 0.15) is 0 Å². The number of carbonyl (C=O) groups is 1. The van der Waals surface area contributed by atoms with E-state index in [1.54, 1.807) is 0 Å². The van der Waals surface area contributed by atoms with E-state index in [4.69, 9.17) is 0 Å². The summed E-state index contributed by atoms with van der Waals surface area (Å²) in [4.78, 5) is 11.8. The third kappa shape index (κ3) is 3.23. The van der Waals surface area contributed by atoms with Gasteiger partial charge in [0.2, 0.25) is 5.91 Å². The number of rotatable bonds is 3. The van der Waals surface area contributed by atoms with Gasteiger partial charge in [-0.1, -0.05) is 26.2 Å². The van der Waals surface area contributed by atoms with E-state index in [9.17, 15) is 13.2 Å². The summed E-state index contributed by atoms with van der Waals surface area (Å²) in [6.45, 7) is 2.87. The predicted molar refractivity (Wildman–Crippen MR) is 69.1 cm³/mol. The Labute approximate surface area is 109 Å². The number of hydrogen-bond donors (Lipinski definition) is 1. The van der Waals surface area contributed by atoms with Crippen LogP contribution in [0, 0.1) is 5.41 Å². The number of amides is 1. The standard InChI is InChI=1S/C12H22N2O3S/c1-12(7-8-12)11(15)13-18(16,17)14-9-5-3-2-4-6-10-14/h2-10H2,1H3,(H,13,15). The van der Waals surface area contributed by atoms with Crippen molar-refractivity contribution in [1.82, 2.24) is 9.03 Å². The van der Waals surface area contributed by atoms with E-state index in [0.717, 1.165) is 38.5 Å². The molecule has 1 aliphatic heterocycles. The van der Waals surface area contributed by atoms with Crippen LogP contribution in [0.25, 0.3) is 0 Å². The molecule has 2 fully saturated rings. The summed E-state index contributed by atoms with van der Waals surface area (Å²) in [6.07, 6.45) is 6.65. The Kier molecular flexibility index (Phi) is 3.96. The molecular weight excluding hydrogens is 252 g/mol. The van der Waals surface area contributed by atoms with Crippen LogP contribution in [0.1, 0.15) is 51.9 Å². The van der Waals surface area contributed by atoms with Crippen LogP contribution in [0.3, 0.4) is 0 Å². The topological polar surface area (TPSA) is 66.5 Å². The Morgan fingerprint density at radius 1 is 1.06 bits per heavy atom. The second kappa shape index (κ2) is 5.17. The first-order chi connectivity index (χ1) is 8.44. The van der Waals surface area contributed by atoms with Crippen LogP contribution in [-0.2, 0) is 15.0 Å². The Hall–Kier alpha value is -0.620. The molecule has 0 spiro atoms. The molecule has 1 heterocycles. The highest BCUT2D eigenvalue weighted by atomic mass is 32.2. The van der Waals surface area contributed by atoms with Crippen molar-refractivity contribution >= 4 is 16.1 Å². The first kappa shape index (κ1) is 13.8. The van der Waals surface area contributed by atoms with Crippen molar-refractivity contribution in [2.45, 2.75) is 51.9 Å². The summed E-state index contributed by atoms with van der Waals surface area (Å²) in [5.74, 6) is -0.343. The van der Waals surface area contributed by atoms with Crippen LogP contribution < -0.4 is 4.72 Å². The molecule has 0 aromatic carbocycles. The monoisotopic (exact) mass is 274 g/mol. The van der Waals surface area contributed by atoms with E-state index in [0.29, 0.717) is 13.1 Å². The average molecular weight is 274 g/mol. The lowest BCUT2D eigenvalue weighted by molar-refractivity contribution is -0.123. The maximum absolute atomic E-state index is 12.1. The summed E-state index contributed by atoms with van der Waals surface area (Å²) in [7, 11) is -3.63. The van der Waals surface area contributed by atoms with Crippen molar-refractivity contribution < 1.29 is 13.2 Å². The molecule has 0 unspecified atom stereocenters. The molecule has 1 amide bonds. The third-order valence-electron chi connectivity index (χ3n) is 3.92. The minimum absolute atomic E-state index is 0.343. The van der Waals surface area contributed by atoms with E-state index in [1.807, 2.05) is 6.92 Å². The summed E-state index contributed by atoms with van der Waals surface area (Å²) in [5.41, 5.74) is -0.449. The molecule has 0 bridgehead atoms. The Morgan fingerprint density at radius 3 is 2.06 bits per heavy atom. The summed E-state index contributed by atoms with van der Waals surface area (Å²) >= 11 is 0. The van der Waals surface area contributed by atoms with Crippen LogP contribution in [0.2, 0.25) is 0 Å². The molecule has 0 aromatic heterocycles. The molecule has 0 radical (unpaired) electrons. The average Bonchev–Trinajstić information content (AvgIpc) is 2.95. The fourth-order valence-electron chi connectivity index (χ4n) is 2.18. The van der Waals surface area contributed by atoms with Gasteiger partial charge < -0.3 is 0 Å². The third-order valence-corrected chi connectivity index (χ3v) is 5.41. The Balaban J connectivity index is 1.97. The maximum atomic E-state index is 12.1. The quantitative estimate of drug-likeness (QED) is 0.846. The van der Waals surface area contributed by atoms with E-state index in [-0.39, 0.29) is 5.91 Å². The van der Waals surface area contributed by atoms with Gasteiger partial charge in [0.25, 0.3) is 0 Å². The Bertz CT molecular complexity index is 407. The molecule has 0 aromatic rings. The minimum atomic E-state index is -3.63. The first-order valence-electron chi connectivity index (χ1n) is 6.76. The van der Waals surface area contributed by atoms with Gasteiger partial charge in [0, 0.05) is 18.5 Å². The SMILES string of the molecule is CC1(C(=O)NS(=O)(=O)N2CCCCCCC2)CC1. The van der Waals surface area contributed by atoms with E-state index >= 15 is 0 Å². The zero-order valence-corrected chi connectivity index (χ0v) is 11.8. The normalized spacial score (nSPS) is 24.9. The van der Waals surface area contributed by atoms with Crippen molar-refractivity contribution in [1.29, 1.82) is 0 Å². The van der Waals surface area contributed by atoms with Crippen molar-refractivity contribution in [2.75, 3.05) is 13.1 Å². The summed E-state index contributed by atoms with van der Waals surface area (Å²) in [6, 6.07) is 0. The van der Waals surface area contributed by atoms with Crippen molar-refractivity contribution in [2.24, 2.45) is 5.41 Å².